The van der Waals surface area contributed by atoms with Crippen molar-refractivity contribution in [2.24, 2.45) is 5.92 Å². The van der Waals surface area contributed by atoms with Gasteiger partial charge in [-0.25, -0.2) is 0 Å². The van der Waals surface area contributed by atoms with E-state index in [1.54, 1.807) is 6.92 Å². The summed E-state index contributed by atoms with van der Waals surface area (Å²) in [6, 6.07) is 1.30. The third-order valence-electron chi connectivity index (χ3n) is 5.04. The molecule has 1 aliphatic carbocycles. The summed E-state index contributed by atoms with van der Waals surface area (Å²) in [4.78, 5) is 39.1. The van der Waals surface area contributed by atoms with Crippen LogP contribution in [0.3, 0.4) is 0 Å². The van der Waals surface area contributed by atoms with Crippen molar-refractivity contribution in [3.05, 3.63) is 48.0 Å². The van der Waals surface area contributed by atoms with Gasteiger partial charge in [0.25, 0.3) is 5.69 Å². The molecule has 0 bridgehead atoms. The lowest BCUT2D eigenvalue weighted by Crippen LogP contribution is -2.30. The number of H-pyrrole nitrogens is 2. The molecule has 25 heavy (non-hydrogen) atoms. The van der Waals surface area contributed by atoms with Crippen LogP contribution < -0.4 is 16.4 Å². The van der Waals surface area contributed by atoms with Gasteiger partial charge in [-0.15, -0.1) is 0 Å². The first-order valence-electron chi connectivity index (χ1n) is 8.61. The Kier molecular flexibility index (Phi) is 4.98. The number of nitro benzene ring substituents is 1. The van der Waals surface area contributed by atoms with Crippen molar-refractivity contribution in [1.82, 2.24) is 15.3 Å². The lowest BCUT2D eigenvalue weighted by Gasteiger charge is -2.22. The minimum atomic E-state index is -0.813. The Hall–Kier alpha value is -2.48. The van der Waals surface area contributed by atoms with Gasteiger partial charge in [-0.2, -0.15) is 0 Å². The van der Waals surface area contributed by atoms with E-state index in [0.717, 1.165) is 6.54 Å². The second-order valence-corrected chi connectivity index (χ2v) is 6.72. The van der Waals surface area contributed by atoms with E-state index < -0.39 is 16.0 Å². The van der Waals surface area contributed by atoms with E-state index in [0.29, 0.717) is 29.1 Å². The van der Waals surface area contributed by atoms with Crippen LogP contribution in [0.4, 0.5) is 5.69 Å². The number of aromatic amines is 2. The van der Waals surface area contributed by atoms with Gasteiger partial charge < -0.3 is 15.3 Å². The number of fused-ring (bicyclic) bond motifs is 1. The van der Waals surface area contributed by atoms with Crippen LogP contribution in [-0.4, -0.2) is 21.4 Å². The van der Waals surface area contributed by atoms with Gasteiger partial charge in [0.15, 0.2) is 0 Å². The molecule has 3 rings (SSSR count). The maximum Gasteiger partial charge on any atom is 0.314 e. The molecule has 0 unspecified atom stereocenters. The van der Waals surface area contributed by atoms with Crippen molar-refractivity contribution >= 4 is 16.7 Å². The summed E-state index contributed by atoms with van der Waals surface area (Å²) in [7, 11) is 0. The summed E-state index contributed by atoms with van der Waals surface area (Å²) in [5.74, 6) is 0.623. The minimum absolute atomic E-state index is 0.0651. The largest absolute Gasteiger partial charge is 0.316 e. The summed E-state index contributed by atoms with van der Waals surface area (Å²) in [5.41, 5.74) is 0.232. The Labute approximate surface area is 143 Å². The summed E-state index contributed by atoms with van der Waals surface area (Å²) in [5, 5.41) is 14.7. The van der Waals surface area contributed by atoms with Crippen molar-refractivity contribution in [3.63, 3.8) is 0 Å². The molecule has 0 amide bonds. The fourth-order valence-corrected chi connectivity index (χ4v) is 3.62. The van der Waals surface area contributed by atoms with Gasteiger partial charge >= 0.3 is 11.1 Å². The predicted molar refractivity (Wildman–Crippen MR) is 94.9 cm³/mol. The van der Waals surface area contributed by atoms with Crippen molar-refractivity contribution in [2.75, 3.05) is 6.54 Å². The van der Waals surface area contributed by atoms with Crippen LogP contribution in [0.1, 0.15) is 43.2 Å². The average Bonchev–Trinajstić information content (AvgIpc) is 2.59. The highest BCUT2D eigenvalue weighted by Gasteiger charge is 2.20. The molecule has 0 saturated heterocycles. The van der Waals surface area contributed by atoms with Crippen LogP contribution in [0.2, 0.25) is 0 Å². The van der Waals surface area contributed by atoms with Crippen LogP contribution in [0.15, 0.2) is 15.7 Å². The fourth-order valence-electron chi connectivity index (χ4n) is 3.62. The first kappa shape index (κ1) is 17.3. The van der Waals surface area contributed by atoms with Gasteiger partial charge in [0.2, 0.25) is 0 Å². The molecule has 1 aromatic heterocycles. The molecule has 3 N–H and O–H groups in total. The molecule has 1 aliphatic rings. The number of nitrogens with zero attached hydrogens (tertiary/aromatic N) is 1. The first-order chi connectivity index (χ1) is 12.0. The lowest BCUT2D eigenvalue weighted by molar-refractivity contribution is -0.385. The van der Waals surface area contributed by atoms with Crippen LogP contribution in [0.25, 0.3) is 11.0 Å². The Balaban J connectivity index is 1.94. The fraction of sp³-hybridized carbons (Fsp3) is 0.529. The monoisotopic (exact) mass is 346 g/mol. The van der Waals surface area contributed by atoms with E-state index in [9.17, 15) is 19.7 Å². The zero-order valence-corrected chi connectivity index (χ0v) is 14.2. The standard InChI is InChI=1S/C17H22N4O4/c1-10-12(9-18-8-11-5-3-2-4-6-11)15-13(7-14(10)21(24)25)19-16(22)17(23)20-15/h7,11,18H,2-6,8-9H2,1H3,(H,19,22)(H,20,23). The Morgan fingerprint density at radius 1 is 1.20 bits per heavy atom. The molecule has 0 atom stereocenters. The first-order valence-corrected chi connectivity index (χ1v) is 8.61. The van der Waals surface area contributed by atoms with Crippen molar-refractivity contribution < 1.29 is 4.92 Å². The lowest BCUT2D eigenvalue weighted by atomic mass is 9.89. The Morgan fingerprint density at radius 3 is 2.56 bits per heavy atom. The number of nitro groups is 1. The van der Waals surface area contributed by atoms with Gasteiger partial charge in [-0.1, -0.05) is 19.3 Å². The Morgan fingerprint density at radius 2 is 1.88 bits per heavy atom. The number of rotatable bonds is 5. The van der Waals surface area contributed by atoms with Crippen molar-refractivity contribution in [2.45, 2.75) is 45.6 Å². The van der Waals surface area contributed by atoms with E-state index in [1.807, 2.05) is 0 Å². The van der Waals surface area contributed by atoms with Crippen LogP contribution in [-0.2, 0) is 6.54 Å². The van der Waals surface area contributed by atoms with Crippen molar-refractivity contribution in [1.29, 1.82) is 0 Å². The molecule has 2 aromatic rings. The quantitative estimate of drug-likeness (QED) is 0.435. The summed E-state index contributed by atoms with van der Waals surface area (Å²) < 4.78 is 0. The third-order valence-corrected chi connectivity index (χ3v) is 5.04. The molecule has 8 nitrogen and oxygen atoms in total. The number of aromatic nitrogens is 2. The third kappa shape index (κ3) is 3.63. The number of hydrogen-bond acceptors (Lipinski definition) is 5. The number of hydrogen-bond donors (Lipinski definition) is 3. The van der Waals surface area contributed by atoms with Crippen molar-refractivity contribution in [3.8, 4) is 0 Å². The van der Waals surface area contributed by atoms with Gasteiger partial charge in [0.05, 0.1) is 16.0 Å². The van der Waals surface area contributed by atoms with Crippen LogP contribution >= 0.6 is 0 Å². The molecule has 1 fully saturated rings. The van der Waals surface area contributed by atoms with Crippen LogP contribution in [0, 0.1) is 23.0 Å². The second-order valence-electron chi connectivity index (χ2n) is 6.72. The zero-order valence-electron chi connectivity index (χ0n) is 14.2. The summed E-state index contributed by atoms with van der Waals surface area (Å²) in [6.07, 6.45) is 6.19. The van der Waals surface area contributed by atoms with E-state index >= 15 is 0 Å². The van der Waals surface area contributed by atoms with E-state index in [4.69, 9.17) is 0 Å². The molecule has 134 valence electrons. The summed E-state index contributed by atoms with van der Waals surface area (Å²) >= 11 is 0. The average molecular weight is 346 g/mol. The van der Waals surface area contributed by atoms with Gasteiger partial charge in [-0.05, 0) is 32.2 Å². The van der Waals surface area contributed by atoms with Gasteiger partial charge in [0.1, 0.15) is 0 Å². The van der Waals surface area contributed by atoms with Gasteiger partial charge in [0, 0.05) is 23.7 Å². The molecule has 1 aromatic carbocycles. The minimum Gasteiger partial charge on any atom is -0.316 e. The second kappa shape index (κ2) is 7.18. The highest BCUT2D eigenvalue weighted by atomic mass is 16.6. The normalized spacial score (nSPS) is 15.6. The van der Waals surface area contributed by atoms with E-state index in [-0.39, 0.29) is 11.2 Å². The maximum atomic E-state index is 11.7. The molecule has 0 aliphatic heterocycles. The smallest absolute Gasteiger partial charge is 0.314 e. The molecule has 0 radical (unpaired) electrons. The topological polar surface area (TPSA) is 121 Å². The number of nitrogens with one attached hydrogen (secondary N) is 3. The predicted octanol–water partition coefficient (Wildman–Crippen LogP) is 2.10. The van der Waals surface area contributed by atoms with Crippen LogP contribution in [0.5, 0.6) is 0 Å². The van der Waals surface area contributed by atoms with Gasteiger partial charge in [-0.3, -0.25) is 19.7 Å². The SMILES string of the molecule is Cc1c([N+](=O)[O-])cc2[nH]c(=O)c(=O)[nH]c2c1CNCC1CCCCC1. The van der Waals surface area contributed by atoms with E-state index in [2.05, 4.69) is 15.3 Å². The molecule has 1 saturated carbocycles. The molecule has 1 heterocycles. The molecular formula is C17H22N4O4. The maximum absolute atomic E-state index is 11.7. The highest BCUT2D eigenvalue weighted by Crippen LogP contribution is 2.28. The van der Waals surface area contributed by atoms with E-state index in [1.165, 1.54) is 38.2 Å². The molecular weight excluding hydrogens is 324 g/mol. The number of benzene rings is 1. The highest BCUT2D eigenvalue weighted by molar-refractivity contribution is 5.82. The molecule has 8 heteroatoms. The molecule has 0 spiro atoms. The Bertz CT molecular complexity index is 909. The zero-order chi connectivity index (χ0) is 18.0. The summed E-state index contributed by atoms with van der Waals surface area (Å²) in [6.45, 7) is 2.92.